The predicted octanol–water partition coefficient (Wildman–Crippen LogP) is 1.92. The number of nitrogens with zero attached hydrogens (tertiary/aromatic N) is 1. The first-order chi connectivity index (χ1) is 12.4. The minimum absolute atomic E-state index is 0.0302. The van der Waals surface area contributed by atoms with Gasteiger partial charge in [-0.25, -0.2) is 13.2 Å². The number of carbonyl (C=O) groups is 2. The van der Waals surface area contributed by atoms with Crippen LogP contribution in [0.15, 0.2) is 29.2 Å². The Bertz CT molecular complexity index is 880. The molecule has 3 rings (SSSR count). The largest absolute Gasteiger partial charge is 0.452 e. The summed E-state index contributed by atoms with van der Waals surface area (Å²) in [5, 5.41) is 0. The summed E-state index contributed by atoms with van der Waals surface area (Å²) in [6, 6.07) is 5.70. The van der Waals surface area contributed by atoms with Gasteiger partial charge in [-0.15, -0.1) is 0 Å². The molecule has 8 heteroatoms. The first-order valence-electron chi connectivity index (χ1n) is 8.99. The van der Waals surface area contributed by atoms with E-state index in [1.54, 1.807) is 4.31 Å². The Morgan fingerprint density at radius 1 is 1.26 bits per heavy atom. The lowest BCUT2D eigenvalue weighted by Crippen LogP contribution is -2.37. The lowest BCUT2D eigenvalue weighted by atomic mass is 9.65. The summed E-state index contributed by atoms with van der Waals surface area (Å²) in [4.78, 5) is 22.9. The topological polar surface area (TPSA) is 107 Å². The Morgan fingerprint density at radius 2 is 1.96 bits per heavy atom. The van der Waals surface area contributed by atoms with E-state index in [0.29, 0.717) is 6.54 Å². The number of amides is 1. The SMILES string of the molecule is CC1(C)C[C@H]2C[C@@](C)(CN2S(=O)(=O)c2cccc(C(=O)OCC(N)=O)c2)C1. The number of nitrogens with two attached hydrogens (primary N) is 1. The molecule has 7 nitrogen and oxygen atoms in total. The smallest absolute Gasteiger partial charge is 0.338 e. The van der Waals surface area contributed by atoms with Gasteiger partial charge in [0.05, 0.1) is 10.5 Å². The van der Waals surface area contributed by atoms with Gasteiger partial charge in [-0.1, -0.05) is 26.8 Å². The van der Waals surface area contributed by atoms with E-state index < -0.39 is 28.5 Å². The van der Waals surface area contributed by atoms with E-state index in [1.807, 2.05) is 0 Å². The van der Waals surface area contributed by atoms with Gasteiger partial charge in [-0.05, 0) is 48.3 Å². The van der Waals surface area contributed by atoms with Crippen molar-refractivity contribution in [1.82, 2.24) is 4.31 Å². The number of rotatable bonds is 5. The molecule has 1 amide bonds. The molecule has 1 saturated carbocycles. The molecule has 2 atom stereocenters. The van der Waals surface area contributed by atoms with Gasteiger partial charge in [0.15, 0.2) is 6.61 Å². The van der Waals surface area contributed by atoms with Crippen molar-refractivity contribution in [2.75, 3.05) is 13.2 Å². The zero-order valence-electron chi connectivity index (χ0n) is 15.9. The second-order valence-corrected chi connectivity index (χ2v) is 10.7. The number of carbonyl (C=O) groups excluding carboxylic acids is 2. The molecule has 148 valence electrons. The van der Waals surface area contributed by atoms with E-state index in [-0.39, 0.29) is 27.3 Å². The predicted molar refractivity (Wildman–Crippen MR) is 99.3 cm³/mol. The molecule has 0 aromatic heterocycles. The fraction of sp³-hybridized carbons (Fsp3) is 0.579. The second kappa shape index (κ2) is 6.60. The maximum Gasteiger partial charge on any atom is 0.338 e. The molecule has 1 aliphatic heterocycles. The van der Waals surface area contributed by atoms with Crippen molar-refractivity contribution in [3.63, 3.8) is 0 Å². The van der Waals surface area contributed by atoms with Crippen molar-refractivity contribution in [1.29, 1.82) is 0 Å². The molecule has 27 heavy (non-hydrogen) atoms. The lowest BCUT2D eigenvalue weighted by molar-refractivity contribution is -0.121. The van der Waals surface area contributed by atoms with Crippen LogP contribution < -0.4 is 5.73 Å². The van der Waals surface area contributed by atoms with Crippen LogP contribution in [0.2, 0.25) is 0 Å². The van der Waals surface area contributed by atoms with Gasteiger partial charge in [0.25, 0.3) is 5.91 Å². The molecular formula is C19H26N2O5S. The number of hydrogen-bond donors (Lipinski definition) is 1. The van der Waals surface area contributed by atoms with E-state index in [2.05, 4.69) is 20.8 Å². The van der Waals surface area contributed by atoms with E-state index in [1.165, 1.54) is 24.3 Å². The van der Waals surface area contributed by atoms with Crippen molar-refractivity contribution in [3.8, 4) is 0 Å². The Hall–Kier alpha value is -1.93. The van der Waals surface area contributed by atoms with Gasteiger partial charge in [-0.3, -0.25) is 4.79 Å². The normalized spacial score (nSPS) is 27.3. The van der Waals surface area contributed by atoms with Crippen molar-refractivity contribution in [3.05, 3.63) is 29.8 Å². The standard InChI is InChI=1S/C19H26N2O5S/c1-18(2)8-14-9-19(3,11-18)12-21(14)27(24,25)15-6-4-5-13(7-15)17(23)26-10-16(20)22/h4-7,14H,8-12H2,1-3H3,(H2,20,22)/t14-,19+/m0/s1. The zero-order valence-corrected chi connectivity index (χ0v) is 16.7. The summed E-state index contributed by atoms with van der Waals surface area (Å²) in [7, 11) is -3.73. The summed E-state index contributed by atoms with van der Waals surface area (Å²) in [5.74, 6) is -1.55. The van der Waals surface area contributed by atoms with Crippen molar-refractivity contribution >= 4 is 21.9 Å². The summed E-state index contributed by atoms with van der Waals surface area (Å²) < 4.78 is 32.9. The third-order valence-electron chi connectivity index (χ3n) is 5.39. The monoisotopic (exact) mass is 394 g/mol. The van der Waals surface area contributed by atoms with E-state index >= 15 is 0 Å². The van der Waals surface area contributed by atoms with Gasteiger partial charge in [0, 0.05) is 12.6 Å². The molecule has 1 aromatic carbocycles. The Kier molecular flexibility index (Phi) is 4.84. The summed E-state index contributed by atoms with van der Waals surface area (Å²) in [6.07, 6.45) is 2.67. The molecule has 0 unspecified atom stereocenters. The van der Waals surface area contributed by atoms with Crippen LogP contribution in [0.3, 0.4) is 0 Å². The van der Waals surface area contributed by atoms with Crippen LogP contribution in [-0.4, -0.2) is 43.8 Å². The summed E-state index contributed by atoms with van der Waals surface area (Å²) in [5.41, 5.74) is 5.11. The molecule has 1 aromatic rings. The third kappa shape index (κ3) is 4.01. The van der Waals surface area contributed by atoms with E-state index in [0.717, 1.165) is 19.3 Å². The highest BCUT2D eigenvalue weighted by Gasteiger charge is 2.53. The third-order valence-corrected chi connectivity index (χ3v) is 7.28. The molecule has 2 fully saturated rings. The lowest BCUT2D eigenvalue weighted by Gasteiger charge is -2.39. The van der Waals surface area contributed by atoms with Gasteiger partial charge in [-0.2, -0.15) is 4.31 Å². The summed E-state index contributed by atoms with van der Waals surface area (Å²) >= 11 is 0. The Morgan fingerprint density at radius 3 is 2.63 bits per heavy atom. The highest BCUT2D eigenvalue weighted by atomic mass is 32.2. The molecule has 1 aliphatic carbocycles. The average molecular weight is 394 g/mol. The second-order valence-electron chi connectivity index (χ2n) is 8.83. The molecule has 2 N–H and O–H groups in total. The van der Waals surface area contributed by atoms with Gasteiger partial charge >= 0.3 is 5.97 Å². The molecule has 1 saturated heterocycles. The van der Waals surface area contributed by atoms with E-state index in [4.69, 9.17) is 10.5 Å². The molecule has 2 aliphatic rings. The van der Waals surface area contributed by atoms with Crippen molar-refractivity contribution < 1.29 is 22.7 Å². The van der Waals surface area contributed by atoms with Crippen LogP contribution in [0.25, 0.3) is 0 Å². The van der Waals surface area contributed by atoms with Gasteiger partial charge in [0.1, 0.15) is 0 Å². The van der Waals surface area contributed by atoms with Crippen LogP contribution in [0.4, 0.5) is 0 Å². The molecule has 1 heterocycles. The maximum absolute atomic E-state index is 13.3. The van der Waals surface area contributed by atoms with Crippen LogP contribution in [0.1, 0.15) is 50.4 Å². The Labute approximate surface area is 159 Å². The first kappa shape index (κ1) is 19.8. The molecule has 0 spiro atoms. The molecular weight excluding hydrogens is 368 g/mol. The number of sulfonamides is 1. The maximum atomic E-state index is 13.3. The minimum Gasteiger partial charge on any atom is -0.452 e. The van der Waals surface area contributed by atoms with Gasteiger partial charge in [0.2, 0.25) is 10.0 Å². The van der Waals surface area contributed by atoms with Crippen molar-refractivity contribution in [2.45, 2.75) is 51.0 Å². The Balaban J connectivity index is 1.87. The van der Waals surface area contributed by atoms with Crippen molar-refractivity contribution in [2.24, 2.45) is 16.6 Å². The molecule has 2 bridgehead atoms. The number of primary amides is 1. The van der Waals surface area contributed by atoms with Crippen LogP contribution >= 0.6 is 0 Å². The average Bonchev–Trinajstić information content (AvgIpc) is 2.82. The first-order valence-corrected chi connectivity index (χ1v) is 10.4. The summed E-state index contributed by atoms with van der Waals surface area (Å²) in [6.45, 7) is 6.46. The van der Waals surface area contributed by atoms with Gasteiger partial charge < -0.3 is 10.5 Å². The zero-order chi connectivity index (χ0) is 20.0. The molecule has 0 radical (unpaired) electrons. The van der Waals surface area contributed by atoms with Crippen LogP contribution in [0.5, 0.6) is 0 Å². The number of benzene rings is 1. The number of fused-ring (bicyclic) bond motifs is 2. The number of hydrogen-bond acceptors (Lipinski definition) is 5. The quantitative estimate of drug-likeness (QED) is 0.768. The highest BCUT2D eigenvalue weighted by Crippen LogP contribution is 2.53. The minimum atomic E-state index is -3.73. The van der Waals surface area contributed by atoms with Crippen LogP contribution in [0, 0.1) is 10.8 Å². The fourth-order valence-corrected chi connectivity index (χ4v) is 6.65. The highest BCUT2D eigenvalue weighted by molar-refractivity contribution is 7.89. The fourth-order valence-electron chi connectivity index (χ4n) is 4.83. The number of esters is 1. The van der Waals surface area contributed by atoms with E-state index in [9.17, 15) is 18.0 Å². The van der Waals surface area contributed by atoms with Crippen LogP contribution in [-0.2, 0) is 19.6 Å². The number of ether oxygens (including phenoxy) is 1.